The molecule has 1 atom stereocenters. The second-order valence-electron chi connectivity index (χ2n) is 6.06. The highest BCUT2D eigenvalue weighted by Crippen LogP contribution is 2.26. The van der Waals surface area contributed by atoms with Gasteiger partial charge in [0.25, 0.3) is 5.91 Å². The van der Waals surface area contributed by atoms with Crippen molar-refractivity contribution < 1.29 is 26.0 Å². The monoisotopic (exact) mass is 397 g/mol. The van der Waals surface area contributed by atoms with Crippen LogP contribution in [0.1, 0.15) is 16.8 Å². The molecule has 0 saturated carbocycles. The van der Waals surface area contributed by atoms with Crippen LogP contribution in [0.4, 0.5) is 10.1 Å². The van der Waals surface area contributed by atoms with E-state index in [0.717, 1.165) is 0 Å². The maximum Gasteiger partial charge on any atom is 0.255 e. The first-order valence-corrected chi connectivity index (χ1v) is 11.2. The third-order valence-electron chi connectivity index (χ3n) is 4.16. The van der Waals surface area contributed by atoms with Gasteiger partial charge >= 0.3 is 0 Å². The molecule has 0 bridgehead atoms. The Kier molecular flexibility index (Phi) is 4.85. The van der Waals surface area contributed by atoms with Gasteiger partial charge in [-0.15, -0.1) is 0 Å². The lowest BCUT2D eigenvalue weighted by Gasteiger charge is -2.11. The molecule has 26 heavy (non-hydrogen) atoms. The van der Waals surface area contributed by atoms with Gasteiger partial charge in [-0.05, 0) is 48.9 Å². The molecule has 1 aliphatic rings. The minimum Gasteiger partial charge on any atom is -0.322 e. The smallest absolute Gasteiger partial charge is 0.255 e. The predicted octanol–water partition coefficient (Wildman–Crippen LogP) is 2.04. The Labute approximate surface area is 150 Å². The van der Waals surface area contributed by atoms with Crippen LogP contribution in [0.2, 0.25) is 0 Å². The maximum atomic E-state index is 12.9. The second kappa shape index (κ2) is 6.81. The van der Waals surface area contributed by atoms with E-state index in [1.54, 1.807) is 0 Å². The molecule has 2 aromatic rings. The van der Waals surface area contributed by atoms with E-state index in [-0.39, 0.29) is 22.6 Å². The minimum absolute atomic E-state index is 0.0523. The Morgan fingerprint density at radius 1 is 1.12 bits per heavy atom. The second-order valence-corrected chi connectivity index (χ2v) is 10.5. The molecule has 0 unspecified atom stereocenters. The first-order chi connectivity index (χ1) is 12.2. The van der Waals surface area contributed by atoms with Crippen LogP contribution in [0.3, 0.4) is 0 Å². The topological polar surface area (TPSA) is 97.4 Å². The molecular weight excluding hydrogens is 381 g/mol. The fraction of sp³-hybridized carbons (Fsp3) is 0.235. The summed E-state index contributed by atoms with van der Waals surface area (Å²) in [5.41, 5.74) is 0.475. The molecule has 2 aromatic carbocycles. The number of benzene rings is 2. The molecule has 1 N–H and O–H groups in total. The first-order valence-electron chi connectivity index (χ1n) is 7.79. The molecule has 0 aliphatic carbocycles. The number of sulfone groups is 2. The molecule has 0 aromatic heterocycles. The predicted molar refractivity (Wildman–Crippen MR) is 95.0 cm³/mol. The molecule has 1 fully saturated rings. The number of amides is 1. The van der Waals surface area contributed by atoms with Gasteiger partial charge in [0.05, 0.1) is 21.7 Å². The van der Waals surface area contributed by atoms with Gasteiger partial charge in [0, 0.05) is 11.3 Å². The van der Waals surface area contributed by atoms with Crippen molar-refractivity contribution in [3.05, 3.63) is 59.9 Å². The van der Waals surface area contributed by atoms with Crippen molar-refractivity contribution in [2.24, 2.45) is 0 Å². The first kappa shape index (κ1) is 18.5. The van der Waals surface area contributed by atoms with Crippen LogP contribution in [-0.4, -0.2) is 39.5 Å². The number of hydrogen-bond donors (Lipinski definition) is 1. The average molecular weight is 397 g/mol. The van der Waals surface area contributed by atoms with Crippen molar-refractivity contribution in [1.82, 2.24) is 0 Å². The lowest BCUT2D eigenvalue weighted by Crippen LogP contribution is -2.23. The summed E-state index contributed by atoms with van der Waals surface area (Å²) >= 11 is 0. The molecule has 1 saturated heterocycles. The molecule has 0 spiro atoms. The lowest BCUT2D eigenvalue weighted by molar-refractivity contribution is 0.102. The summed E-state index contributed by atoms with van der Waals surface area (Å²) < 4.78 is 61.4. The zero-order chi connectivity index (χ0) is 18.9. The standard InChI is InChI=1S/C17H16FNO5S2/c18-13-4-6-14(7-5-13)19-17(20)12-2-1-3-15(10-12)26(23,24)16-8-9-25(21,22)11-16/h1-7,10,16H,8-9,11H2,(H,19,20)/t16-/m0/s1. The molecule has 6 nitrogen and oxygen atoms in total. The number of rotatable bonds is 4. The Bertz CT molecular complexity index is 1050. The van der Waals surface area contributed by atoms with Gasteiger partial charge < -0.3 is 5.32 Å². The molecular formula is C17H16FNO5S2. The van der Waals surface area contributed by atoms with Gasteiger partial charge in [-0.3, -0.25) is 4.79 Å². The SMILES string of the molecule is O=C(Nc1ccc(F)cc1)c1cccc(S(=O)(=O)[C@H]2CCS(=O)(=O)C2)c1. The van der Waals surface area contributed by atoms with Crippen LogP contribution in [0.15, 0.2) is 53.4 Å². The number of hydrogen-bond acceptors (Lipinski definition) is 5. The van der Waals surface area contributed by atoms with Crippen LogP contribution in [0.5, 0.6) is 0 Å². The highest BCUT2D eigenvalue weighted by Gasteiger charge is 2.38. The zero-order valence-corrected chi connectivity index (χ0v) is 15.2. The highest BCUT2D eigenvalue weighted by molar-refractivity contribution is 7.96. The third-order valence-corrected chi connectivity index (χ3v) is 8.33. The summed E-state index contributed by atoms with van der Waals surface area (Å²) in [4.78, 5) is 12.2. The minimum atomic E-state index is -3.85. The fourth-order valence-electron chi connectivity index (χ4n) is 2.75. The van der Waals surface area contributed by atoms with Crippen molar-refractivity contribution >= 4 is 31.3 Å². The number of anilines is 1. The summed E-state index contributed by atoms with van der Waals surface area (Å²) in [5, 5.41) is 1.55. The fourth-order valence-corrected chi connectivity index (χ4v) is 7.15. The van der Waals surface area contributed by atoms with Crippen LogP contribution >= 0.6 is 0 Å². The number of carbonyl (C=O) groups is 1. The van der Waals surface area contributed by atoms with Crippen molar-refractivity contribution in [2.75, 3.05) is 16.8 Å². The van der Waals surface area contributed by atoms with Gasteiger partial charge in [-0.25, -0.2) is 21.2 Å². The van der Waals surface area contributed by atoms with Crippen molar-refractivity contribution in [2.45, 2.75) is 16.6 Å². The number of carbonyl (C=O) groups excluding carboxylic acids is 1. The quantitative estimate of drug-likeness (QED) is 0.851. The molecule has 9 heteroatoms. The van der Waals surface area contributed by atoms with Crippen LogP contribution in [-0.2, 0) is 19.7 Å². The third kappa shape index (κ3) is 3.94. The lowest BCUT2D eigenvalue weighted by atomic mass is 10.2. The zero-order valence-electron chi connectivity index (χ0n) is 13.6. The summed E-state index contributed by atoms with van der Waals surface area (Å²) in [6, 6.07) is 10.6. The summed E-state index contributed by atoms with van der Waals surface area (Å²) in [6.45, 7) is 0. The number of nitrogens with one attached hydrogen (secondary N) is 1. The Hall–Kier alpha value is -2.26. The van der Waals surface area contributed by atoms with E-state index in [2.05, 4.69) is 5.32 Å². The highest BCUT2D eigenvalue weighted by atomic mass is 32.2. The van der Waals surface area contributed by atoms with E-state index in [0.29, 0.717) is 5.69 Å². The van der Waals surface area contributed by atoms with Crippen LogP contribution in [0, 0.1) is 5.82 Å². The maximum absolute atomic E-state index is 12.9. The van der Waals surface area contributed by atoms with Crippen molar-refractivity contribution in [3.8, 4) is 0 Å². The molecule has 0 radical (unpaired) electrons. The molecule has 3 rings (SSSR count). The van der Waals surface area contributed by atoms with E-state index in [1.807, 2.05) is 0 Å². The van der Waals surface area contributed by atoms with E-state index in [4.69, 9.17) is 0 Å². The van der Waals surface area contributed by atoms with Gasteiger partial charge in [-0.1, -0.05) is 6.07 Å². The van der Waals surface area contributed by atoms with Gasteiger partial charge in [-0.2, -0.15) is 0 Å². The van der Waals surface area contributed by atoms with Crippen LogP contribution < -0.4 is 5.32 Å². The molecule has 1 aliphatic heterocycles. The summed E-state index contributed by atoms with van der Waals surface area (Å²) in [7, 11) is -7.20. The molecule has 1 amide bonds. The van der Waals surface area contributed by atoms with Gasteiger partial charge in [0.15, 0.2) is 19.7 Å². The normalized spacial score (nSPS) is 19.2. The largest absolute Gasteiger partial charge is 0.322 e. The number of halogens is 1. The summed E-state index contributed by atoms with van der Waals surface area (Å²) in [6.07, 6.45) is 0.0523. The van der Waals surface area contributed by atoms with E-state index in [9.17, 15) is 26.0 Å². The van der Waals surface area contributed by atoms with Gasteiger partial charge in [0.2, 0.25) is 0 Å². The molecule has 138 valence electrons. The Balaban J connectivity index is 1.83. The average Bonchev–Trinajstić information content (AvgIpc) is 2.98. The van der Waals surface area contributed by atoms with Gasteiger partial charge in [0.1, 0.15) is 5.82 Å². The van der Waals surface area contributed by atoms with E-state index in [1.165, 1.54) is 48.5 Å². The van der Waals surface area contributed by atoms with E-state index >= 15 is 0 Å². The van der Waals surface area contributed by atoms with Crippen molar-refractivity contribution in [1.29, 1.82) is 0 Å². The Morgan fingerprint density at radius 2 is 1.81 bits per heavy atom. The van der Waals surface area contributed by atoms with Crippen molar-refractivity contribution in [3.63, 3.8) is 0 Å². The molecule has 1 heterocycles. The van der Waals surface area contributed by atoms with Crippen LogP contribution in [0.25, 0.3) is 0 Å². The Morgan fingerprint density at radius 3 is 2.42 bits per heavy atom. The summed E-state index contributed by atoms with van der Waals surface area (Å²) in [5.74, 6) is -1.54. The van der Waals surface area contributed by atoms with E-state index < -0.39 is 42.4 Å².